The predicted molar refractivity (Wildman–Crippen MR) is 95.8 cm³/mol. The monoisotopic (exact) mass is 401 g/mol. The second kappa shape index (κ2) is 6.01. The van der Waals surface area contributed by atoms with Crippen LogP contribution in [0.3, 0.4) is 0 Å². The van der Waals surface area contributed by atoms with Gasteiger partial charge in [0.2, 0.25) is 0 Å². The van der Waals surface area contributed by atoms with Crippen LogP contribution in [-0.2, 0) is 11.3 Å². The van der Waals surface area contributed by atoms with Crippen molar-refractivity contribution < 1.29 is 13.2 Å². The second-order valence-electron chi connectivity index (χ2n) is 5.16. The van der Waals surface area contributed by atoms with Gasteiger partial charge in [-0.25, -0.2) is 0 Å². The van der Waals surface area contributed by atoms with Gasteiger partial charge in [-0.2, -0.15) is 0 Å². The van der Waals surface area contributed by atoms with Crippen LogP contribution in [0.2, 0.25) is 0 Å². The average Bonchev–Trinajstić information content (AvgIpc) is 2.95. The molecule has 0 saturated carbocycles. The lowest BCUT2D eigenvalue weighted by Gasteiger charge is -2.26. The topological polar surface area (TPSA) is 69.4 Å². The van der Waals surface area contributed by atoms with Crippen molar-refractivity contribution in [1.29, 1.82) is 0 Å². The highest BCUT2D eigenvalue weighted by atomic mass is 79.9. The Hall–Kier alpha value is -2.22. The third-order valence-corrected chi connectivity index (χ3v) is 5.04. The van der Waals surface area contributed by atoms with E-state index in [0.717, 1.165) is 20.9 Å². The van der Waals surface area contributed by atoms with E-state index in [0.29, 0.717) is 17.1 Å². The van der Waals surface area contributed by atoms with E-state index in [1.807, 2.05) is 24.3 Å². The van der Waals surface area contributed by atoms with Crippen molar-refractivity contribution >= 4 is 49.5 Å². The fraction of sp³-hybridized carbons (Fsp3) is 0. The Kier molecular flexibility index (Phi) is 3.84. The van der Waals surface area contributed by atoms with Gasteiger partial charge in [0.15, 0.2) is 0 Å². The van der Waals surface area contributed by atoms with E-state index < -0.39 is 11.3 Å². The number of halogens is 1. The van der Waals surface area contributed by atoms with Crippen LogP contribution in [0.4, 0.5) is 11.4 Å². The summed E-state index contributed by atoms with van der Waals surface area (Å²) in [4.78, 5) is 4.25. The number of nitrogens with zero attached hydrogens (tertiary/aromatic N) is 2. The minimum atomic E-state index is -2.49. The Morgan fingerprint density at radius 3 is 2.83 bits per heavy atom. The largest absolute Gasteiger partial charge is 0.755 e. The normalized spacial score (nSPS) is 12.6. The van der Waals surface area contributed by atoms with Gasteiger partial charge in [-0.3, -0.25) is 13.5 Å². The Morgan fingerprint density at radius 1 is 1.12 bits per heavy atom. The van der Waals surface area contributed by atoms with Crippen LogP contribution in [0.1, 0.15) is 0 Å². The van der Waals surface area contributed by atoms with Crippen LogP contribution >= 0.6 is 15.9 Å². The summed E-state index contributed by atoms with van der Waals surface area (Å²) in [5.74, 6) is 0.679. The molecule has 1 aliphatic carbocycles. The van der Waals surface area contributed by atoms with Gasteiger partial charge in [0.1, 0.15) is 12.0 Å². The van der Waals surface area contributed by atoms with E-state index >= 15 is 0 Å². The van der Waals surface area contributed by atoms with E-state index in [9.17, 15) is 8.76 Å². The Morgan fingerprint density at radius 2 is 2.00 bits per heavy atom. The van der Waals surface area contributed by atoms with E-state index in [-0.39, 0.29) is 0 Å². The summed E-state index contributed by atoms with van der Waals surface area (Å²) >= 11 is 0.900. The van der Waals surface area contributed by atoms with Crippen molar-refractivity contribution in [3.05, 3.63) is 65.5 Å². The highest BCUT2D eigenvalue weighted by Crippen LogP contribution is 2.37. The number of aromatic nitrogens is 1. The first-order valence-electron chi connectivity index (χ1n) is 7.04. The molecule has 1 unspecified atom stereocenters. The average molecular weight is 402 g/mol. The zero-order chi connectivity index (χ0) is 16.7. The van der Waals surface area contributed by atoms with Gasteiger partial charge >= 0.3 is 0 Å². The van der Waals surface area contributed by atoms with E-state index in [1.54, 1.807) is 30.5 Å². The maximum absolute atomic E-state index is 11.8. The predicted octanol–water partition coefficient (Wildman–Crippen LogP) is 4.63. The molecule has 1 aromatic heterocycles. The Labute approximate surface area is 148 Å². The van der Waals surface area contributed by atoms with Crippen molar-refractivity contribution in [1.82, 2.24) is 4.98 Å². The summed E-state index contributed by atoms with van der Waals surface area (Å²) in [6.45, 7) is 0. The number of hydrogen-bond acceptors (Lipinski definition) is 4. The lowest BCUT2D eigenvalue weighted by atomic mass is 10.2. The number of benzene rings is 1. The molecule has 5 nitrogen and oxygen atoms in total. The zero-order valence-electron chi connectivity index (χ0n) is 12.2. The molecule has 2 aromatic rings. The molecule has 0 N–H and O–H groups in total. The van der Waals surface area contributed by atoms with Crippen LogP contribution in [0.15, 0.2) is 69.9 Å². The molecule has 120 valence electrons. The molecule has 0 spiro atoms. The number of rotatable bonds is 3. The Balaban J connectivity index is 1.85. The lowest BCUT2D eigenvalue weighted by Crippen LogP contribution is -2.19. The summed E-state index contributed by atoms with van der Waals surface area (Å²) in [6, 6.07) is 14.5. The highest BCUT2D eigenvalue weighted by Gasteiger charge is 2.17. The first-order chi connectivity index (χ1) is 11.6. The fourth-order valence-electron chi connectivity index (χ4n) is 2.62. The summed E-state index contributed by atoms with van der Waals surface area (Å²) in [5, 5.41) is 0.861. The van der Waals surface area contributed by atoms with Crippen LogP contribution in [0.5, 0.6) is 0 Å². The molecule has 4 rings (SSSR count). The minimum absolute atomic E-state index is 0.428. The van der Waals surface area contributed by atoms with E-state index in [4.69, 9.17) is 4.42 Å². The molecular weight excluding hydrogens is 392 g/mol. The summed E-state index contributed by atoms with van der Waals surface area (Å²) in [7, 11) is 0. The zero-order valence-corrected chi connectivity index (χ0v) is 14.6. The lowest BCUT2D eigenvalue weighted by molar-refractivity contribution is 0.534. The van der Waals surface area contributed by atoms with Crippen LogP contribution < -0.4 is 4.31 Å². The van der Waals surface area contributed by atoms with Gasteiger partial charge in [0.25, 0.3) is 0 Å². The molecule has 24 heavy (non-hydrogen) atoms. The van der Waals surface area contributed by atoms with Gasteiger partial charge < -0.3 is 8.97 Å². The molecule has 2 aliphatic rings. The molecule has 7 heteroatoms. The SMILES string of the molecule is O=S([O-])N(c1coc2c(Br)ccc-2c1)c1ccc2ncccc2c1. The molecule has 0 fully saturated rings. The first kappa shape index (κ1) is 15.3. The second-order valence-corrected chi connectivity index (χ2v) is 6.82. The fourth-order valence-corrected chi connectivity index (χ4v) is 3.63. The molecule has 1 aromatic carbocycles. The third-order valence-electron chi connectivity index (χ3n) is 3.69. The van der Waals surface area contributed by atoms with Crippen molar-refractivity contribution in [2.75, 3.05) is 4.31 Å². The molecule has 0 saturated heterocycles. The maximum Gasteiger partial charge on any atom is 0.148 e. The van der Waals surface area contributed by atoms with Gasteiger partial charge in [-0.1, -0.05) is 6.07 Å². The summed E-state index contributed by atoms with van der Waals surface area (Å²) in [6.07, 6.45) is 3.13. The van der Waals surface area contributed by atoms with Crippen molar-refractivity contribution in [2.24, 2.45) is 0 Å². The standard InChI is InChI=1S/C17H11BrN2O3S/c18-15-5-3-12-9-14(10-23-17(12)15)20(24(21)22)13-4-6-16-11(8-13)2-1-7-19-16/h1-10H,(H,21,22)/p-1. The van der Waals surface area contributed by atoms with Crippen LogP contribution in [0, 0.1) is 0 Å². The first-order valence-corrected chi connectivity index (χ1v) is 8.87. The number of fused-ring (bicyclic) bond motifs is 2. The summed E-state index contributed by atoms with van der Waals surface area (Å²) < 4.78 is 31.3. The summed E-state index contributed by atoms with van der Waals surface area (Å²) in [5.41, 5.74) is 2.57. The van der Waals surface area contributed by atoms with Gasteiger partial charge in [-0.05, 0) is 58.4 Å². The molecule has 0 radical (unpaired) electrons. The van der Waals surface area contributed by atoms with Gasteiger partial charge in [-0.15, -0.1) is 0 Å². The molecule has 1 aliphatic heterocycles. The molecular formula is C17H10BrN2O3S-. The van der Waals surface area contributed by atoms with Gasteiger partial charge in [0, 0.05) is 17.1 Å². The molecule has 0 amide bonds. The molecule has 0 bridgehead atoms. The molecule has 2 heterocycles. The number of hydrogen-bond donors (Lipinski definition) is 0. The van der Waals surface area contributed by atoms with Crippen molar-refractivity contribution in [3.63, 3.8) is 0 Å². The van der Waals surface area contributed by atoms with Gasteiger partial charge in [0.05, 0.1) is 32.6 Å². The van der Waals surface area contributed by atoms with Crippen LogP contribution in [-0.4, -0.2) is 13.7 Å². The maximum atomic E-state index is 11.8. The highest BCUT2D eigenvalue weighted by molar-refractivity contribution is 9.10. The van der Waals surface area contributed by atoms with E-state index in [1.165, 1.54) is 10.6 Å². The Bertz CT molecular complexity index is 1030. The number of pyridine rings is 1. The smallest absolute Gasteiger partial charge is 0.148 e. The van der Waals surface area contributed by atoms with Crippen molar-refractivity contribution in [3.8, 4) is 11.3 Å². The van der Waals surface area contributed by atoms with E-state index in [2.05, 4.69) is 20.9 Å². The van der Waals surface area contributed by atoms with Crippen molar-refractivity contribution in [2.45, 2.75) is 0 Å². The minimum Gasteiger partial charge on any atom is -0.755 e. The molecule has 1 atom stereocenters. The quantitative estimate of drug-likeness (QED) is 0.469. The number of anilines is 2. The van der Waals surface area contributed by atoms with Crippen LogP contribution in [0.25, 0.3) is 22.2 Å². The third kappa shape index (κ3) is 2.60.